The Kier molecular flexibility index (Phi) is 4.85. The summed E-state index contributed by atoms with van der Waals surface area (Å²) in [6, 6.07) is 12.0. The molecule has 110 valence electrons. The molecular weight excluding hydrogens is 291 g/mol. The first-order valence-electron chi connectivity index (χ1n) is 6.25. The van der Waals surface area contributed by atoms with Gasteiger partial charge in [0.25, 0.3) is 7.52 Å². The van der Waals surface area contributed by atoms with Crippen LogP contribution in [-0.4, -0.2) is 21.0 Å². The number of benzene rings is 1. The second-order valence-electron chi connectivity index (χ2n) is 4.49. The van der Waals surface area contributed by atoms with Crippen LogP contribution >= 0.6 is 7.52 Å². The molecule has 0 saturated carbocycles. The van der Waals surface area contributed by atoms with Gasteiger partial charge in [-0.05, 0) is 17.7 Å². The fourth-order valence-electron chi connectivity index (χ4n) is 1.88. The van der Waals surface area contributed by atoms with Gasteiger partial charge in [-0.25, -0.2) is 5.09 Å². The molecule has 7 heteroatoms. The van der Waals surface area contributed by atoms with E-state index in [1.807, 2.05) is 0 Å². The van der Waals surface area contributed by atoms with Gasteiger partial charge in [0.15, 0.2) is 0 Å². The number of rotatable bonds is 6. The third-order valence-electron chi connectivity index (χ3n) is 2.81. The second-order valence-corrected chi connectivity index (χ2v) is 6.47. The Hall–Kier alpha value is -2.01. The molecule has 1 aromatic carbocycles. The summed E-state index contributed by atoms with van der Waals surface area (Å²) in [5, 5.41) is 11.6. The molecule has 6 nitrogen and oxygen atoms in total. The van der Waals surface area contributed by atoms with Crippen molar-refractivity contribution in [1.29, 1.82) is 0 Å². The maximum Gasteiger partial charge on any atom is 0.325 e. The zero-order valence-corrected chi connectivity index (χ0v) is 12.0. The summed E-state index contributed by atoms with van der Waals surface area (Å²) in [7, 11) is -3.88. The topological polar surface area (TPSA) is 99.5 Å². The van der Waals surface area contributed by atoms with Gasteiger partial charge < -0.3 is 10.00 Å². The largest absolute Gasteiger partial charge is 0.480 e. The Morgan fingerprint density at radius 2 is 1.86 bits per heavy atom. The smallest absolute Gasteiger partial charge is 0.325 e. The lowest BCUT2D eigenvalue weighted by Crippen LogP contribution is -2.26. The van der Waals surface area contributed by atoms with Gasteiger partial charge >= 0.3 is 5.97 Å². The molecule has 2 atom stereocenters. The summed E-state index contributed by atoms with van der Waals surface area (Å²) < 4.78 is 12.2. The summed E-state index contributed by atoms with van der Waals surface area (Å²) in [5.74, 6) is -1.21. The summed E-state index contributed by atoms with van der Waals surface area (Å²) in [6.45, 7) is 0. The van der Waals surface area contributed by atoms with Crippen molar-refractivity contribution in [2.24, 2.45) is 0 Å². The lowest BCUT2D eigenvalue weighted by atomic mass is 10.1. The number of carboxylic acid groups (broad SMARTS) is 1. The molecule has 3 N–H and O–H groups in total. The molecule has 0 saturated heterocycles. The highest BCUT2D eigenvalue weighted by atomic mass is 31.2. The summed E-state index contributed by atoms with van der Waals surface area (Å²) in [5.41, 5.74) is 0.841. The number of pyridine rings is 1. The van der Waals surface area contributed by atoms with Crippen molar-refractivity contribution in [1.82, 2.24) is 10.1 Å². The number of aliphatic carboxylic acids is 1. The molecule has 21 heavy (non-hydrogen) atoms. The Labute approximate surface area is 122 Å². The zero-order chi connectivity index (χ0) is 15.3. The molecule has 2 unspecified atom stereocenters. The normalized spacial score (nSPS) is 15.1. The Morgan fingerprint density at radius 1 is 1.19 bits per heavy atom. The minimum atomic E-state index is -3.88. The molecule has 0 fully saturated rings. The van der Waals surface area contributed by atoms with Crippen molar-refractivity contribution in [3.63, 3.8) is 0 Å². The van der Waals surface area contributed by atoms with Gasteiger partial charge in [0.05, 0.1) is 11.9 Å². The zero-order valence-electron chi connectivity index (χ0n) is 11.1. The number of aromatic nitrogens is 1. The third kappa shape index (κ3) is 4.49. The lowest BCUT2D eigenvalue weighted by molar-refractivity contribution is -0.139. The first kappa shape index (κ1) is 15.4. The van der Waals surface area contributed by atoms with E-state index in [-0.39, 0.29) is 6.16 Å². The van der Waals surface area contributed by atoms with Crippen molar-refractivity contribution in [2.75, 3.05) is 0 Å². The highest BCUT2D eigenvalue weighted by molar-refractivity contribution is 7.55. The molecule has 0 spiro atoms. The van der Waals surface area contributed by atoms with Crippen LogP contribution in [0.25, 0.3) is 0 Å². The molecule has 0 aliphatic rings. The number of hydrogen-bond donors (Lipinski definition) is 3. The van der Waals surface area contributed by atoms with Crippen LogP contribution in [0.4, 0.5) is 0 Å². The Morgan fingerprint density at radius 3 is 2.43 bits per heavy atom. The Balaban J connectivity index is 2.16. The van der Waals surface area contributed by atoms with Crippen LogP contribution in [0, 0.1) is 0 Å². The highest BCUT2D eigenvalue weighted by Crippen LogP contribution is 2.42. The van der Waals surface area contributed by atoms with Crippen LogP contribution in [0.5, 0.6) is 0 Å². The third-order valence-corrected chi connectivity index (χ3v) is 4.23. The van der Waals surface area contributed by atoms with Crippen LogP contribution in [0.2, 0.25) is 0 Å². The van der Waals surface area contributed by atoms with Gasteiger partial charge in [-0.15, -0.1) is 0 Å². The van der Waals surface area contributed by atoms with Crippen LogP contribution in [-0.2, 0) is 15.5 Å². The maximum absolute atomic E-state index is 12.2. The van der Waals surface area contributed by atoms with Crippen molar-refractivity contribution in [3.05, 3.63) is 66.0 Å². The van der Waals surface area contributed by atoms with Crippen LogP contribution in [0.3, 0.4) is 0 Å². The van der Waals surface area contributed by atoms with Gasteiger partial charge in [0, 0.05) is 6.20 Å². The average molecular weight is 306 g/mol. The standard InChI is InChI=1S/C14H15N2O4P/c17-14(18)13(11-6-2-1-3-7-11)16-21(19,20)10-12-8-4-5-9-15-12/h1-9,13H,10H2,(H,17,18)(H2,16,19,20). The van der Waals surface area contributed by atoms with Crippen molar-refractivity contribution < 1.29 is 19.4 Å². The van der Waals surface area contributed by atoms with Crippen molar-refractivity contribution >= 4 is 13.5 Å². The molecule has 2 rings (SSSR count). The first-order chi connectivity index (χ1) is 9.98. The number of nitrogens with one attached hydrogen (secondary N) is 1. The quantitative estimate of drug-likeness (QED) is 0.707. The van der Waals surface area contributed by atoms with E-state index in [0.717, 1.165) is 0 Å². The fraction of sp³-hybridized carbons (Fsp3) is 0.143. The monoisotopic (exact) mass is 306 g/mol. The van der Waals surface area contributed by atoms with Crippen molar-refractivity contribution in [2.45, 2.75) is 12.2 Å². The number of nitrogens with zero attached hydrogens (tertiary/aromatic N) is 1. The van der Waals surface area contributed by atoms with Crippen LogP contribution in [0.15, 0.2) is 54.7 Å². The number of hydrogen-bond acceptors (Lipinski definition) is 3. The van der Waals surface area contributed by atoms with Gasteiger partial charge in [-0.1, -0.05) is 36.4 Å². The molecular formula is C14H15N2O4P. The molecule has 1 heterocycles. The molecule has 0 radical (unpaired) electrons. The molecule has 0 amide bonds. The van der Waals surface area contributed by atoms with E-state index < -0.39 is 19.5 Å². The van der Waals surface area contributed by atoms with E-state index in [1.54, 1.807) is 48.5 Å². The van der Waals surface area contributed by atoms with E-state index in [0.29, 0.717) is 11.3 Å². The predicted octanol–water partition coefficient (Wildman–Crippen LogP) is 2.18. The SMILES string of the molecule is O=C(O)C(NP(=O)(O)Cc1ccccn1)c1ccccc1. The molecule has 0 aliphatic heterocycles. The maximum atomic E-state index is 12.2. The van der Waals surface area contributed by atoms with E-state index in [9.17, 15) is 19.4 Å². The molecule has 0 bridgehead atoms. The molecule has 0 aliphatic carbocycles. The fourth-order valence-corrected chi connectivity index (χ4v) is 3.26. The molecule has 2 aromatic rings. The van der Waals surface area contributed by atoms with Crippen LogP contribution in [0.1, 0.15) is 17.3 Å². The second kappa shape index (κ2) is 6.63. The van der Waals surface area contributed by atoms with E-state index in [4.69, 9.17) is 0 Å². The van der Waals surface area contributed by atoms with Crippen molar-refractivity contribution in [3.8, 4) is 0 Å². The van der Waals surface area contributed by atoms with E-state index in [2.05, 4.69) is 10.1 Å². The summed E-state index contributed by atoms with van der Waals surface area (Å²) in [6.07, 6.45) is 1.28. The summed E-state index contributed by atoms with van der Waals surface area (Å²) >= 11 is 0. The minimum Gasteiger partial charge on any atom is -0.480 e. The number of carboxylic acids is 1. The van der Waals surface area contributed by atoms with E-state index in [1.165, 1.54) is 6.20 Å². The van der Waals surface area contributed by atoms with Gasteiger partial charge in [0.2, 0.25) is 0 Å². The van der Waals surface area contributed by atoms with Gasteiger partial charge in [-0.3, -0.25) is 14.3 Å². The predicted molar refractivity (Wildman–Crippen MR) is 77.7 cm³/mol. The van der Waals surface area contributed by atoms with Gasteiger partial charge in [-0.2, -0.15) is 0 Å². The highest BCUT2D eigenvalue weighted by Gasteiger charge is 2.29. The summed E-state index contributed by atoms with van der Waals surface area (Å²) in [4.78, 5) is 25.3. The van der Waals surface area contributed by atoms with Crippen LogP contribution < -0.4 is 5.09 Å². The molecule has 1 aromatic heterocycles. The Bertz CT molecular complexity index is 649. The number of carbonyl (C=O) groups is 1. The van der Waals surface area contributed by atoms with Gasteiger partial charge in [0.1, 0.15) is 6.04 Å². The average Bonchev–Trinajstić information content (AvgIpc) is 2.46. The minimum absolute atomic E-state index is 0.232. The van der Waals surface area contributed by atoms with E-state index >= 15 is 0 Å². The first-order valence-corrected chi connectivity index (χ1v) is 8.10. The lowest BCUT2D eigenvalue weighted by Gasteiger charge is -2.19.